The van der Waals surface area contributed by atoms with E-state index in [0.717, 1.165) is 25.7 Å². The first-order chi connectivity index (χ1) is 11.0. The Balaban J connectivity index is 1.90. The molecule has 0 radical (unpaired) electrons. The first kappa shape index (κ1) is 16.3. The number of amides is 2. The minimum absolute atomic E-state index is 0.0636. The summed E-state index contributed by atoms with van der Waals surface area (Å²) in [5.41, 5.74) is 0. The van der Waals surface area contributed by atoms with Gasteiger partial charge in [-0.05, 0) is 38.5 Å². The van der Waals surface area contributed by atoms with Crippen LogP contribution in [0.25, 0.3) is 0 Å². The lowest BCUT2D eigenvalue weighted by molar-refractivity contribution is -0.168. The van der Waals surface area contributed by atoms with Crippen molar-refractivity contribution in [2.24, 2.45) is 5.92 Å². The maximum absolute atomic E-state index is 13.0. The van der Waals surface area contributed by atoms with E-state index in [4.69, 9.17) is 0 Å². The number of carboxylic acid groups (broad SMARTS) is 1. The summed E-state index contributed by atoms with van der Waals surface area (Å²) >= 11 is 0. The summed E-state index contributed by atoms with van der Waals surface area (Å²) in [6, 6.07) is -1.82. The molecule has 1 N–H and O–H groups in total. The largest absolute Gasteiger partial charge is 0.480 e. The van der Waals surface area contributed by atoms with Crippen molar-refractivity contribution in [2.75, 3.05) is 0 Å². The number of nitrogens with zero attached hydrogens (tertiary/aromatic N) is 2. The lowest BCUT2D eigenvalue weighted by Crippen LogP contribution is -2.66. The molecule has 3 aliphatic rings. The van der Waals surface area contributed by atoms with Gasteiger partial charge in [0.05, 0.1) is 0 Å². The summed E-state index contributed by atoms with van der Waals surface area (Å²) in [6.07, 6.45) is 6.08. The van der Waals surface area contributed by atoms with E-state index in [1.807, 2.05) is 6.92 Å². The van der Waals surface area contributed by atoms with Gasteiger partial charge in [0, 0.05) is 6.04 Å². The molecule has 6 heteroatoms. The molecule has 23 heavy (non-hydrogen) atoms. The van der Waals surface area contributed by atoms with Gasteiger partial charge in [0.1, 0.15) is 18.1 Å². The van der Waals surface area contributed by atoms with Gasteiger partial charge < -0.3 is 14.9 Å². The van der Waals surface area contributed by atoms with Crippen LogP contribution in [0, 0.1) is 5.92 Å². The molecule has 2 aliphatic heterocycles. The van der Waals surface area contributed by atoms with Gasteiger partial charge >= 0.3 is 5.97 Å². The van der Waals surface area contributed by atoms with Gasteiger partial charge in [-0.15, -0.1) is 0 Å². The zero-order valence-corrected chi connectivity index (χ0v) is 13.9. The summed E-state index contributed by atoms with van der Waals surface area (Å²) in [4.78, 5) is 40.7. The van der Waals surface area contributed by atoms with Crippen molar-refractivity contribution >= 4 is 17.8 Å². The van der Waals surface area contributed by atoms with Gasteiger partial charge in [-0.3, -0.25) is 9.59 Å². The van der Waals surface area contributed by atoms with Crippen molar-refractivity contribution in [3.63, 3.8) is 0 Å². The van der Waals surface area contributed by atoms with Gasteiger partial charge in [0.25, 0.3) is 0 Å². The molecule has 0 aromatic rings. The molecule has 0 bridgehead atoms. The third-order valence-electron chi connectivity index (χ3n) is 5.84. The molecule has 1 saturated carbocycles. The van der Waals surface area contributed by atoms with Crippen molar-refractivity contribution in [3.8, 4) is 0 Å². The van der Waals surface area contributed by atoms with E-state index in [-0.39, 0.29) is 17.9 Å². The predicted octanol–water partition coefficient (Wildman–Crippen LogP) is 1.63. The van der Waals surface area contributed by atoms with Gasteiger partial charge in [0.2, 0.25) is 11.8 Å². The Morgan fingerprint density at radius 3 is 2.61 bits per heavy atom. The van der Waals surface area contributed by atoms with Crippen LogP contribution in [0.5, 0.6) is 0 Å². The lowest BCUT2D eigenvalue weighted by atomic mass is 9.85. The maximum atomic E-state index is 13.0. The number of carboxylic acids is 1. The SMILES string of the molecule is CCCC(C(=O)O)N1C(=O)[C@@H]2C[C@@H]3CCCC[C@@H]3N2C(=O)[C@@H]1C. The van der Waals surface area contributed by atoms with E-state index >= 15 is 0 Å². The molecule has 2 amide bonds. The molecule has 2 heterocycles. The highest BCUT2D eigenvalue weighted by molar-refractivity contribution is 5.99. The van der Waals surface area contributed by atoms with E-state index in [0.29, 0.717) is 25.2 Å². The van der Waals surface area contributed by atoms with Gasteiger partial charge in [-0.25, -0.2) is 4.79 Å². The standard InChI is InChI=1S/C17H26N2O4/c1-3-6-13(17(22)23)18-10(2)15(20)19-12-8-5-4-7-11(12)9-14(19)16(18)21/h10-14H,3-9H2,1-2H3,(H,22,23)/t10-,11-,12-,13?,14-/m0/s1. The molecule has 0 aromatic carbocycles. The highest BCUT2D eigenvalue weighted by atomic mass is 16.4. The highest BCUT2D eigenvalue weighted by Gasteiger charge is 2.55. The smallest absolute Gasteiger partial charge is 0.326 e. The van der Waals surface area contributed by atoms with E-state index < -0.39 is 24.1 Å². The zero-order chi connectivity index (χ0) is 16.7. The Labute approximate surface area is 136 Å². The summed E-state index contributed by atoms with van der Waals surface area (Å²) in [7, 11) is 0. The first-order valence-corrected chi connectivity index (χ1v) is 8.84. The molecule has 0 aromatic heterocycles. The highest BCUT2D eigenvalue weighted by Crippen LogP contribution is 2.43. The Morgan fingerprint density at radius 1 is 1.26 bits per heavy atom. The zero-order valence-electron chi connectivity index (χ0n) is 13.9. The number of fused-ring (bicyclic) bond motifs is 3. The third-order valence-corrected chi connectivity index (χ3v) is 5.84. The van der Waals surface area contributed by atoms with Crippen LogP contribution in [0.1, 0.15) is 58.8 Å². The molecule has 3 fully saturated rings. The van der Waals surface area contributed by atoms with Crippen LogP contribution in [-0.2, 0) is 14.4 Å². The third kappa shape index (κ3) is 2.52. The maximum Gasteiger partial charge on any atom is 0.326 e. The quantitative estimate of drug-likeness (QED) is 0.853. The van der Waals surface area contributed by atoms with E-state index in [9.17, 15) is 19.5 Å². The predicted molar refractivity (Wildman–Crippen MR) is 83.6 cm³/mol. The summed E-state index contributed by atoms with van der Waals surface area (Å²) < 4.78 is 0. The monoisotopic (exact) mass is 322 g/mol. The molecule has 1 aliphatic carbocycles. The van der Waals surface area contributed by atoms with Crippen molar-refractivity contribution < 1.29 is 19.5 Å². The first-order valence-electron chi connectivity index (χ1n) is 8.84. The van der Waals surface area contributed by atoms with Crippen molar-refractivity contribution in [1.29, 1.82) is 0 Å². The van der Waals surface area contributed by atoms with Gasteiger partial charge in [-0.1, -0.05) is 26.2 Å². The van der Waals surface area contributed by atoms with E-state index in [1.165, 1.54) is 4.90 Å². The van der Waals surface area contributed by atoms with Crippen LogP contribution in [0.3, 0.4) is 0 Å². The van der Waals surface area contributed by atoms with Crippen molar-refractivity contribution in [2.45, 2.75) is 83.0 Å². The van der Waals surface area contributed by atoms with Crippen LogP contribution in [0.2, 0.25) is 0 Å². The van der Waals surface area contributed by atoms with Crippen LogP contribution in [0.4, 0.5) is 0 Å². The molecule has 1 unspecified atom stereocenters. The van der Waals surface area contributed by atoms with Gasteiger partial charge in [0.15, 0.2) is 0 Å². The minimum atomic E-state index is -1.01. The van der Waals surface area contributed by atoms with Crippen LogP contribution >= 0.6 is 0 Å². The second-order valence-corrected chi connectivity index (χ2v) is 7.17. The van der Waals surface area contributed by atoms with Crippen LogP contribution < -0.4 is 0 Å². The van der Waals surface area contributed by atoms with E-state index in [1.54, 1.807) is 11.8 Å². The summed E-state index contributed by atoms with van der Waals surface area (Å²) in [5.74, 6) is -0.828. The normalized spacial score (nSPS) is 35.0. The molecular formula is C17H26N2O4. The average Bonchev–Trinajstić information content (AvgIpc) is 2.91. The average molecular weight is 322 g/mol. The Bertz CT molecular complexity index is 521. The summed E-state index contributed by atoms with van der Waals surface area (Å²) in [5, 5.41) is 9.51. The second kappa shape index (κ2) is 6.13. The second-order valence-electron chi connectivity index (χ2n) is 7.17. The number of carbonyl (C=O) groups excluding carboxylic acids is 2. The fraction of sp³-hybridized carbons (Fsp3) is 0.824. The van der Waals surface area contributed by atoms with Crippen molar-refractivity contribution in [3.05, 3.63) is 0 Å². The molecule has 5 atom stereocenters. The Kier molecular flexibility index (Phi) is 4.34. The number of hydrogen-bond acceptors (Lipinski definition) is 3. The fourth-order valence-electron chi connectivity index (χ4n) is 4.77. The number of hydrogen-bond donors (Lipinski definition) is 1. The number of rotatable bonds is 4. The molecule has 3 rings (SSSR count). The lowest BCUT2D eigenvalue weighted by Gasteiger charge is -2.45. The molecule has 2 saturated heterocycles. The van der Waals surface area contributed by atoms with Crippen LogP contribution in [0.15, 0.2) is 0 Å². The number of aliphatic carboxylic acids is 1. The number of carbonyl (C=O) groups is 3. The van der Waals surface area contributed by atoms with E-state index in [2.05, 4.69) is 0 Å². The topological polar surface area (TPSA) is 77.9 Å². The Morgan fingerprint density at radius 2 is 1.96 bits per heavy atom. The van der Waals surface area contributed by atoms with Crippen LogP contribution in [-0.4, -0.2) is 56.9 Å². The minimum Gasteiger partial charge on any atom is -0.480 e. The molecule has 128 valence electrons. The summed E-state index contributed by atoms with van der Waals surface area (Å²) in [6.45, 7) is 3.57. The van der Waals surface area contributed by atoms with Crippen molar-refractivity contribution in [1.82, 2.24) is 9.80 Å². The molecule has 0 spiro atoms. The fourth-order valence-corrected chi connectivity index (χ4v) is 4.77. The number of piperazine rings is 1. The Hall–Kier alpha value is -1.59. The molecule has 6 nitrogen and oxygen atoms in total. The van der Waals surface area contributed by atoms with Gasteiger partial charge in [-0.2, -0.15) is 0 Å². The molecular weight excluding hydrogens is 296 g/mol.